The summed E-state index contributed by atoms with van der Waals surface area (Å²) in [5.41, 5.74) is 7.21. The minimum Gasteiger partial charge on any atom is -0.399 e. The van der Waals surface area contributed by atoms with E-state index in [1.807, 2.05) is 6.92 Å². The van der Waals surface area contributed by atoms with E-state index in [4.69, 9.17) is 28.5 Å². The number of hydrogen-bond donors (Lipinski definition) is 4. The normalized spacial score (nSPS) is 12.2. The number of amides is 1. The van der Waals surface area contributed by atoms with Crippen LogP contribution in [0.25, 0.3) is 0 Å². The van der Waals surface area contributed by atoms with Gasteiger partial charge in [-0.15, -0.1) is 0 Å². The van der Waals surface area contributed by atoms with Gasteiger partial charge >= 0.3 is 0 Å². The van der Waals surface area contributed by atoms with Crippen molar-refractivity contribution in [3.63, 3.8) is 0 Å². The van der Waals surface area contributed by atoms with E-state index < -0.39 is 0 Å². The highest BCUT2D eigenvalue weighted by Gasteiger charge is 2.06. The van der Waals surface area contributed by atoms with Crippen LogP contribution >= 0.6 is 12.2 Å². The number of hydrazine groups is 1. The van der Waals surface area contributed by atoms with Gasteiger partial charge in [0, 0.05) is 50.3 Å². The Morgan fingerprint density at radius 2 is 2.19 bits per heavy atom. The zero-order valence-electron chi connectivity index (χ0n) is 18.8. The third-order valence-corrected chi connectivity index (χ3v) is 4.55. The van der Waals surface area contributed by atoms with Crippen molar-refractivity contribution < 1.29 is 9.53 Å². The van der Waals surface area contributed by atoms with E-state index in [0.29, 0.717) is 42.2 Å². The number of nitrogens with two attached hydrogens (primary N) is 2. The van der Waals surface area contributed by atoms with Crippen LogP contribution in [0, 0.1) is 22.5 Å². The lowest BCUT2D eigenvalue weighted by Crippen LogP contribution is -2.33. The minimum atomic E-state index is -0.0700. The molecule has 0 saturated carbocycles. The molecule has 0 aliphatic heterocycles. The first kappa shape index (κ1) is 26.6. The average molecular weight is 449 g/mol. The van der Waals surface area contributed by atoms with Gasteiger partial charge in [0.1, 0.15) is 0 Å². The molecule has 0 aliphatic rings. The quantitative estimate of drug-likeness (QED) is 0.120. The predicted molar refractivity (Wildman–Crippen MR) is 126 cm³/mol. The second-order valence-electron chi connectivity index (χ2n) is 7.83. The highest BCUT2D eigenvalue weighted by molar-refractivity contribution is 7.71. The smallest absolute Gasteiger partial charge is 0.220 e. The maximum Gasteiger partial charge on any atom is 0.220 e. The Hall–Kier alpha value is -2.41. The van der Waals surface area contributed by atoms with Crippen LogP contribution in [0.3, 0.4) is 0 Å². The SMILES string of the molecule is CC(C)CCOC(C)CCN(N)/C=C(\N)CNC(=O)CCCC#Cc1cnc(=S)[nH]c1. The fourth-order valence-corrected chi connectivity index (χ4v) is 2.56. The summed E-state index contributed by atoms with van der Waals surface area (Å²) >= 11 is 4.88. The molecule has 0 aromatic carbocycles. The summed E-state index contributed by atoms with van der Waals surface area (Å²) in [5, 5.41) is 4.32. The van der Waals surface area contributed by atoms with Crippen LogP contribution in [-0.2, 0) is 9.53 Å². The molecule has 0 spiro atoms. The van der Waals surface area contributed by atoms with Crippen molar-refractivity contribution in [2.75, 3.05) is 19.7 Å². The predicted octanol–water partition coefficient (Wildman–Crippen LogP) is 2.59. The van der Waals surface area contributed by atoms with Crippen molar-refractivity contribution in [2.45, 2.75) is 59.0 Å². The van der Waals surface area contributed by atoms with E-state index in [1.54, 1.807) is 18.6 Å². The number of carbonyl (C=O) groups excluding carboxylic acids is 1. The standard InChI is InChI=1S/C22H36N6O2S/c1-17(2)10-12-30-18(3)9-11-28(24)16-20(23)15-25-21(29)8-6-4-5-7-19-13-26-22(31)27-14-19/h13-14,16-18H,4,6,8-12,15,23-24H2,1-3H3,(H,25,29)(H,26,27,31)/b20-16-. The number of aromatic nitrogens is 2. The lowest BCUT2D eigenvalue weighted by Gasteiger charge is -2.19. The molecule has 1 rings (SSSR count). The third kappa shape index (κ3) is 14.3. The molecule has 9 heteroatoms. The molecule has 1 aromatic heterocycles. The summed E-state index contributed by atoms with van der Waals surface area (Å²) in [4.78, 5) is 18.7. The van der Waals surface area contributed by atoms with Gasteiger partial charge in [0.2, 0.25) is 5.91 Å². The lowest BCUT2D eigenvalue weighted by atomic mass is 10.1. The van der Waals surface area contributed by atoms with Crippen molar-refractivity contribution >= 4 is 18.1 Å². The summed E-state index contributed by atoms with van der Waals surface area (Å²) in [6, 6.07) is 0. The molecule has 1 amide bonds. The van der Waals surface area contributed by atoms with Crippen LogP contribution in [0.1, 0.15) is 58.4 Å². The van der Waals surface area contributed by atoms with Crippen LogP contribution in [-0.4, -0.2) is 46.7 Å². The van der Waals surface area contributed by atoms with Crippen LogP contribution < -0.4 is 16.9 Å². The summed E-state index contributed by atoms with van der Waals surface area (Å²) in [6.07, 6.45) is 8.63. The van der Waals surface area contributed by atoms with Gasteiger partial charge in [-0.1, -0.05) is 25.7 Å². The first-order valence-electron chi connectivity index (χ1n) is 10.7. The molecule has 0 bridgehead atoms. The van der Waals surface area contributed by atoms with Gasteiger partial charge in [-0.05, 0) is 44.3 Å². The van der Waals surface area contributed by atoms with E-state index in [2.05, 4.69) is 41.0 Å². The molecule has 1 atom stereocenters. The highest BCUT2D eigenvalue weighted by atomic mass is 32.1. The van der Waals surface area contributed by atoms with E-state index in [-0.39, 0.29) is 18.6 Å². The molecule has 0 saturated heterocycles. The molecule has 0 fully saturated rings. The van der Waals surface area contributed by atoms with Crippen molar-refractivity contribution in [3.8, 4) is 11.8 Å². The van der Waals surface area contributed by atoms with E-state index in [0.717, 1.165) is 25.0 Å². The minimum absolute atomic E-state index is 0.0700. The Kier molecular flexibility index (Phi) is 13.2. The van der Waals surface area contributed by atoms with E-state index in [9.17, 15) is 4.79 Å². The van der Waals surface area contributed by atoms with Crippen LogP contribution in [0.15, 0.2) is 24.3 Å². The van der Waals surface area contributed by atoms with Crippen molar-refractivity contribution in [1.29, 1.82) is 0 Å². The second-order valence-corrected chi connectivity index (χ2v) is 8.22. The molecule has 1 unspecified atom stereocenters. The molecule has 31 heavy (non-hydrogen) atoms. The Bertz CT molecular complexity index is 792. The molecule has 6 N–H and O–H groups in total. The Balaban J connectivity index is 2.18. The number of carbonyl (C=O) groups is 1. The van der Waals surface area contributed by atoms with Crippen molar-refractivity contribution in [1.82, 2.24) is 20.3 Å². The number of hydrogen-bond acceptors (Lipinski definition) is 7. The maximum atomic E-state index is 11.9. The number of rotatable bonds is 13. The number of aromatic amines is 1. The maximum absolute atomic E-state index is 11.9. The number of nitrogens with one attached hydrogen (secondary N) is 2. The molecule has 0 radical (unpaired) electrons. The molecular formula is C22H36N6O2S. The number of unbranched alkanes of at least 4 members (excludes halogenated alkanes) is 1. The van der Waals surface area contributed by atoms with Crippen LogP contribution in [0.2, 0.25) is 0 Å². The summed E-state index contributed by atoms with van der Waals surface area (Å²) in [7, 11) is 0. The second kappa shape index (κ2) is 15.4. The number of ether oxygens (including phenoxy) is 1. The fraction of sp³-hybridized carbons (Fsp3) is 0.591. The summed E-state index contributed by atoms with van der Waals surface area (Å²) < 4.78 is 6.19. The first-order chi connectivity index (χ1) is 14.8. The van der Waals surface area contributed by atoms with Gasteiger partial charge in [0.25, 0.3) is 0 Å². The number of H-pyrrole nitrogens is 1. The number of nitrogens with zero attached hydrogens (tertiary/aromatic N) is 2. The Labute approximate surface area is 190 Å². The van der Waals surface area contributed by atoms with Crippen LogP contribution in [0.4, 0.5) is 0 Å². The molecule has 0 aliphatic carbocycles. The molecule has 172 valence electrons. The lowest BCUT2D eigenvalue weighted by molar-refractivity contribution is -0.121. The van der Waals surface area contributed by atoms with Gasteiger partial charge < -0.3 is 25.8 Å². The van der Waals surface area contributed by atoms with Crippen LogP contribution in [0.5, 0.6) is 0 Å². The van der Waals surface area contributed by atoms with Gasteiger partial charge in [0.15, 0.2) is 4.77 Å². The molecule has 8 nitrogen and oxygen atoms in total. The first-order valence-corrected chi connectivity index (χ1v) is 11.1. The highest BCUT2D eigenvalue weighted by Crippen LogP contribution is 2.04. The van der Waals surface area contributed by atoms with E-state index in [1.165, 1.54) is 5.01 Å². The Morgan fingerprint density at radius 1 is 1.42 bits per heavy atom. The zero-order valence-corrected chi connectivity index (χ0v) is 19.6. The topological polar surface area (TPSA) is 122 Å². The summed E-state index contributed by atoms with van der Waals surface area (Å²) in [5.74, 6) is 12.5. The zero-order chi connectivity index (χ0) is 23.1. The van der Waals surface area contributed by atoms with Gasteiger partial charge in [-0.25, -0.2) is 10.8 Å². The van der Waals surface area contributed by atoms with Crippen molar-refractivity contribution in [3.05, 3.63) is 34.6 Å². The molecular weight excluding hydrogens is 412 g/mol. The van der Waals surface area contributed by atoms with Crippen molar-refractivity contribution in [2.24, 2.45) is 17.5 Å². The summed E-state index contributed by atoms with van der Waals surface area (Å²) in [6.45, 7) is 8.04. The monoisotopic (exact) mass is 448 g/mol. The van der Waals surface area contributed by atoms with Gasteiger partial charge in [-0.2, -0.15) is 0 Å². The van der Waals surface area contributed by atoms with E-state index >= 15 is 0 Å². The third-order valence-electron chi connectivity index (χ3n) is 4.32. The fourth-order valence-electron chi connectivity index (χ4n) is 2.44. The van der Waals surface area contributed by atoms with Gasteiger partial charge in [0.05, 0.1) is 18.2 Å². The van der Waals surface area contributed by atoms with Gasteiger partial charge in [-0.3, -0.25) is 4.79 Å². The molecule has 1 heterocycles. The largest absolute Gasteiger partial charge is 0.399 e. The Morgan fingerprint density at radius 3 is 2.87 bits per heavy atom. The molecule has 1 aromatic rings. The average Bonchev–Trinajstić information content (AvgIpc) is 2.71.